The molecule has 7 aromatic rings. The van der Waals surface area contributed by atoms with Gasteiger partial charge in [0.2, 0.25) is 5.62 Å². The second-order valence-electron chi connectivity index (χ2n) is 14.2. The Hall–Kier alpha value is -5.67. The van der Waals surface area contributed by atoms with Crippen LogP contribution in [0.5, 0.6) is 0 Å². The Kier molecular flexibility index (Phi) is 11.1. The van der Waals surface area contributed by atoms with Gasteiger partial charge in [-0.2, -0.15) is 0 Å². The van der Waals surface area contributed by atoms with Crippen LogP contribution in [0.4, 0.5) is 0 Å². The summed E-state index contributed by atoms with van der Waals surface area (Å²) in [6.07, 6.45) is 11.7. The molecule has 0 saturated carbocycles. The smallest absolute Gasteiger partial charge is 0.211 e. The minimum absolute atomic E-state index is 0.483. The van der Waals surface area contributed by atoms with Gasteiger partial charge in [0, 0.05) is 12.4 Å². The van der Waals surface area contributed by atoms with E-state index < -0.39 is 0 Å². The molecule has 260 valence electrons. The monoisotopic (exact) mass is 679 g/mol. The molecule has 0 aliphatic carbocycles. The second kappa shape index (κ2) is 16.6. The Morgan fingerprint density at radius 2 is 0.615 bits per heavy atom. The van der Waals surface area contributed by atoms with E-state index in [9.17, 15) is 5.41 Å². The van der Waals surface area contributed by atoms with Crippen molar-refractivity contribution in [3.63, 3.8) is 0 Å². The van der Waals surface area contributed by atoms with Crippen LogP contribution < -0.4 is 5.62 Å². The van der Waals surface area contributed by atoms with Crippen molar-refractivity contribution >= 4 is 0 Å². The molecule has 52 heavy (non-hydrogen) atoms. The summed E-state index contributed by atoms with van der Waals surface area (Å²) in [7, 11) is 0. The largest absolute Gasteiger partial charge is 0.286 e. The first kappa shape index (κ1) is 34.8. The van der Waals surface area contributed by atoms with Gasteiger partial charge in [0.1, 0.15) is 0 Å². The number of hydrogen-bond acceptors (Lipinski definition) is 1. The Bertz CT molecular complexity index is 1970. The highest BCUT2D eigenvalue weighted by Gasteiger charge is 2.19. The fourth-order valence-electron chi connectivity index (χ4n) is 7.70. The lowest BCUT2D eigenvalue weighted by molar-refractivity contribution is 0.789. The van der Waals surface area contributed by atoms with Crippen LogP contribution in [0.25, 0.3) is 11.4 Å². The fraction of sp³-hybridized carbons (Fsp3) is 0.204. The van der Waals surface area contributed by atoms with Crippen molar-refractivity contribution in [1.29, 1.82) is 5.41 Å². The summed E-state index contributed by atoms with van der Waals surface area (Å²) >= 11 is 0. The maximum atomic E-state index is 9.91. The van der Waals surface area contributed by atoms with Gasteiger partial charge in [0.25, 0.3) is 0 Å². The first-order chi connectivity index (χ1) is 25.5. The van der Waals surface area contributed by atoms with E-state index in [4.69, 9.17) is 0 Å². The zero-order valence-corrected chi connectivity index (χ0v) is 30.6. The van der Waals surface area contributed by atoms with Gasteiger partial charge in [0.05, 0.1) is 11.4 Å². The third kappa shape index (κ3) is 8.44. The lowest BCUT2D eigenvalue weighted by Crippen LogP contribution is -2.26. The molecular weight excluding hydrogens is 631 g/mol. The molecule has 0 amide bonds. The van der Waals surface area contributed by atoms with Gasteiger partial charge < -0.3 is 0 Å². The summed E-state index contributed by atoms with van der Waals surface area (Å²) in [5.41, 5.74) is 15.8. The molecule has 0 aliphatic rings. The summed E-state index contributed by atoms with van der Waals surface area (Å²) in [6.45, 7) is 4.42. The number of nitrogens with zero attached hydrogens (tertiary/aromatic N) is 2. The van der Waals surface area contributed by atoms with E-state index in [1.807, 2.05) is 0 Å². The molecule has 1 N–H and O–H groups in total. The molecule has 0 aliphatic heterocycles. The van der Waals surface area contributed by atoms with Gasteiger partial charge in [-0.05, 0) is 110 Å². The third-order valence-electron chi connectivity index (χ3n) is 10.2. The topological polar surface area (TPSA) is 33.7 Å². The van der Waals surface area contributed by atoms with Gasteiger partial charge in [0.15, 0.2) is 0 Å². The van der Waals surface area contributed by atoms with Crippen molar-refractivity contribution in [2.45, 2.75) is 65.2 Å². The van der Waals surface area contributed by atoms with Crippen LogP contribution in [0.15, 0.2) is 158 Å². The minimum Gasteiger partial charge on any atom is -0.286 e. The summed E-state index contributed by atoms with van der Waals surface area (Å²) in [6, 6.07) is 52.5. The maximum Gasteiger partial charge on any atom is 0.211 e. The third-order valence-corrected chi connectivity index (χ3v) is 10.2. The zero-order chi connectivity index (χ0) is 35.7. The molecule has 0 radical (unpaired) electrons. The lowest BCUT2D eigenvalue weighted by atomic mass is 9.94. The molecule has 0 atom stereocenters. The Morgan fingerprint density at radius 1 is 0.365 bits per heavy atom. The molecular formula is C49H49N3. The van der Waals surface area contributed by atoms with E-state index in [0.29, 0.717) is 5.62 Å². The summed E-state index contributed by atoms with van der Waals surface area (Å²) in [5.74, 6) is 0. The maximum absolute atomic E-state index is 9.91. The molecule has 0 bridgehead atoms. The molecule has 1 aromatic heterocycles. The average Bonchev–Trinajstić information content (AvgIpc) is 3.55. The van der Waals surface area contributed by atoms with Crippen LogP contribution in [0.3, 0.4) is 0 Å². The number of rotatable bonds is 14. The SMILES string of the molecule is Cc1cc(CCc2ccccc2)c(-n2ccn(-c3c(CCc4ccccc4)cc(C)cc3CCc3ccccc3)c2=N)c(CCc2ccccc2)c1. The molecule has 6 aromatic carbocycles. The molecule has 3 nitrogen and oxygen atoms in total. The van der Waals surface area contributed by atoms with E-state index in [0.717, 1.165) is 62.7 Å². The van der Waals surface area contributed by atoms with Gasteiger partial charge in [-0.3, -0.25) is 14.5 Å². The standard InChI is InChI=1S/C49H49N3/c1-37-33-43(27-23-39-15-7-3-8-16-39)47(44(34-37)28-24-40-17-9-4-10-18-40)51-31-32-52(49(51)50)48-45(29-25-41-19-11-5-12-20-41)35-38(2)36-46(48)30-26-42-21-13-6-14-22-42/h3-22,31-36,50H,23-30H2,1-2H3. The number of imidazole rings is 1. The lowest BCUT2D eigenvalue weighted by Gasteiger charge is -2.20. The van der Waals surface area contributed by atoms with Crippen LogP contribution in [-0.2, 0) is 51.4 Å². The van der Waals surface area contributed by atoms with Crippen molar-refractivity contribution in [1.82, 2.24) is 9.13 Å². The van der Waals surface area contributed by atoms with Crippen LogP contribution in [0.1, 0.15) is 55.6 Å². The second-order valence-corrected chi connectivity index (χ2v) is 14.2. The van der Waals surface area contributed by atoms with Gasteiger partial charge in [-0.25, -0.2) is 0 Å². The van der Waals surface area contributed by atoms with E-state index >= 15 is 0 Å². The van der Waals surface area contributed by atoms with Crippen LogP contribution >= 0.6 is 0 Å². The van der Waals surface area contributed by atoms with Crippen molar-refractivity contribution in [3.8, 4) is 11.4 Å². The highest BCUT2D eigenvalue weighted by molar-refractivity contribution is 5.54. The number of aryl methyl sites for hydroxylation is 10. The highest BCUT2D eigenvalue weighted by atomic mass is 15.2. The molecule has 0 unspecified atom stereocenters. The van der Waals surface area contributed by atoms with Crippen LogP contribution in [0.2, 0.25) is 0 Å². The number of hydrogen-bond donors (Lipinski definition) is 1. The summed E-state index contributed by atoms with van der Waals surface area (Å²) < 4.78 is 4.31. The minimum atomic E-state index is 0.483. The first-order valence-electron chi connectivity index (χ1n) is 18.8. The van der Waals surface area contributed by atoms with E-state index in [-0.39, 0.29) is 0 Å². The van der Waals surface area contributed by atoms with Gasteiger partial charge in [-0.15, -0.1) is 0 Å². The Morgan fingerprint density at radius 3 is 0.865 bits per heavy atom. The molecule has 0 fully saturated rings. The predicted molar refractivity (Wildman–Crippen MR) is 216 cm³/mol. The van der Waals surface area contributed by atoms with Crippen molar-refractivity contribution in [3.05, 3.63) is 219 Å². The highest BCUT2D eigenvalue weighted by Crippen LogP contribution is 2.28. The number of nitrogens with one attached hydrogen (secondary N) is 1. The zero-order valence-electron chi connectivity index (χ0n) is 30.6. The number of benzene rings is 6. The van der Waals surface area contributed by atoms with Crippen LogP contribution in [0, 0.1) is 19.3 Å². The van der Waals surface area contributed by atoms with E-state index in [1.54, 1.807) is 0 Å². The fourth-order valence-corrected chi connectivity index (χ4v) is 7.70. The average molecular weight is 680 g/mol. The van der Waals surface area contributed by atoms with Crippen LogP contribution in [-0.4, -0.2) is 9.13 Å². The van der Waals surface area contributed by atoms with E-state index in [2.05, 4.69) is 181 Å². The van der Waals surface area contributed by atoms with Crippen molar-refractivity contribution in [2.75, 3.05) is 0 Å². The normalized spacial score (nSPS) is 11.2. The Labute approximate surface area is 309 Å². The van der Waals surface area contributed by atoms with Crippen molar-refractivity contribution < 1.29 is 0 Å². The molecule has 3 heteroatoms. The molecule has 0 spiro atoms. The first-order valence-corrected chi connectivity index (χ1v) is 18.8. The summed E-state index contributed by atoms with van der Waals surface area (Å²) in [5, 5.41) is 9.91. The molecule has 0 saturated heterocycles. The molecule has 7 rings (SSSR count). The quantitative estimate of drug-likeness (QED) is 0.119. The predicted octanol–water partition coefficient (Wildman–Crippen LogP) is 10.5. The summed E-state index contributed by atoms with van der Waals surface area (Å²) in [4.78, 5) is 0. The van der Waals surface area contributed by atoms with Crippen molar-refractivity contribution in [2.24, 2.45) is 0 Å². The van der Waals surface area contributed by atoms with Gasteiger partial charge >= 0.3 is 0 Å². The molecule has 1 heterocycles. The Balaban J connectivity index is 1.32. The van der Waals surface area contributed by atoms with E-state index in [1.165, 1.54) is 55.6 Å². The van der Waals surface area contributed by atoms with Gasteiger partial charge in [-0.1, -0.05) is 157 Å². The number of aromatic nitrogens is 2.